The number of amides is 1. The van der Waals surface area contributed by atoms with Crippen LogP contribution < -0.4 is 10.1 Å². The van der Waals surface area contributed by atoms with Crippen LogP contribution in [-0.2, 0) is 0 Å². The first kappa shape index (κ1) is 18.4. The Morgan fingerprint density at radius 1 is 0.966 bits per heavy atom. The average molecular weight is 385 g/mol. The van der Waals surface area contributed by atoms with Gasteiger partial charge in [0.1, 0.15) is 5.75 Å². The van der Waals surface area contributed by atoms with Gasteiger partial charge in [-0.05, 0) is 55.5 Å². The third kappa shape index (κ3) is 4.16. The first-order valence-electron chi connectivity index (χ1n) is 9.09. The summed E-state index contributed by atoms with van der Waals surface area (Å²) < 4.78 is 10.6. The second-order valence-corrected chi connectivity index (χ2v) is 6.56. The Kier molecular flexibility index (Phi) is 5.07. The summed E-state index contributed by atoms with van der Waals surface area (Å²) in [5, 5.41) is 6.93. The number of benzene rings is 3. The number of aromatic nitrogens is 2. The lowest BCUT2D eigenvalue weighted by Gasteiger charge is -2.07. The van der Waals surface area contributed by atoms with Crippen molar-refractivity contribution in [3.63, 3.8) is 0 Å². The Labute approximate surface area is 168 Å². The fraction of sp³-hybridized carbons (Fsp3) is 0.0870. The van der Waals surface area contributed by atoms with Gasteiger partial charge in [0.15, 0.2) is 0 Å². The number of carbonyl (C=O) groups is 1. The number of methoxy groups -OCH3 is 1. The molecule has 4 aromatic rings. The van der Waals surface area contributed by atoms with Gasteiger partial charge in [-0.15, -0.1) is 0 Å². The number of hydrogen-bond donors (Lipinski definition) is 1. The molecule has 0 atom stereocenters. The number of anilines is 1. The van der Waals surface area contributed by atoms with Crippen molar-refractivity contribution in [1.29, 1.82) is 0 Å². The summed E-state index contributed by atoms with van der Waals surface area (Å²) in [7, 11) is 1.57. The molecule has 0 saturated carbocycles. The zero-order valence-electron chi connectivity index (χ0n) is 16.0. The standard InChI is InChI=1S/C23H19N3O3/c1-15-5-3-6-17(13-15)21-25-23(29-26-21)16-9-11-19(12-10-16)24-22(27)18-7-4-8-20(14-18)28-2/h3-14H,1-2H3,(H,24,27). The van der Waals surface area contributed by atoms with Crippen molar-refractivity contribution < 1.29 is 14.1 Å². The smallest absolute Gasteiger partial charge is 0.258 e. The zero-order valence-corrected chi connectivity index (χ0v) is 16.0. The van der Waals surface area contributed by atoms with Crippen molar-refractivity contribution in [2.75, 3.05) is 12.4 Å². The van der Waals surface area contributed by atoms with Crippen molar-refractivity contribution in [2.24, 2.45) is 0 Å². The molecule has 0 aliphatic rings. The van der Waals surface area contributed by atoms with E-state index in [1.807, 2.05) is 43.3 Å². The second kappa shape index (κ2) is 7.98. The molecule has 0 spiro atoms. The van der Waals surface area contributed by atoms with E-state index in [1.165, 1.54) is 0 Å². The Hall–Kier alpha value is -3.93. The van der Waals surface area contributed by atoms with Crippen molar-refractivity contribution in [3.8, 4) is 28.6 Å². The van der Waals surface area contributed by atoms with Gasteiger partial charge >= 0.3 is 0 Å². The summed E-state index contributed by atoms with van der Waals surface area (Å²) in [6, 6.07) is 22.2. The van der Waals surface area contributed by atoms with Gasteiger partial charge < -0.3 is 14.6 Å². The maximum absolute atomic E-state index is 12.4. The molecule has 4 rings (SSSR count). The Morgan fingerprint density at radius 2 is 1.76 bits per heavy atom. The molecule has 1 aromatic heterocycles. The number of aryl methyl sites for hydroxylation is 1. The molecular formula is C23H19N3O3. The number of carbonyl (C=O) groups excluding carboxylic acids is 1. The molecule has 0 saturated heterocycles. The highest BCUT2D eigenvalue weighted by Gasteiger charge is 2.12. The van der Waals surface area contributed by atoms with Crippen molar-refractivity contribution in [1.82, 2.24) is 10.1 Å². The molecule has 3 aromatic carbocycles. The van der Waals surface area contributed by atoms with Crippen LogP contribution in [0.3, 0.4) is 0 Å². The molecule has 0 aliphatic carbocycles. The Morgan fingerprint density at radius 3 is 2.52 bits per heavy atom. The monoisotopic (exact) mass is 385 g/mol. The van der Waals surface area contributed by atoms with Gasteiger partial charge in [0.05, 0.1) is 7.11 Å². The fourth-order valence-electron chi connectivity index (χ4n) is 2.91. The molecule has 6 heteroatoms. The summed E-state index contributed by atoms with van der Waals surface area (Å²) in [5.74, 6) is 1.39. The molecule has 0 unspecified atom stereocenters. The largest absolute Gasteiger partial charge is 0.497 e. The van der Waals surface area contributed by atoms with E-state index in [0.717, 1.165) is 16.7 Å². The minimum Gasteiger partial charge on any atom is -0.497 e. The van der Waals surface area contributed by atoms with E-state index in [-0.39, 0.29) is 5.91 Å². The van der Waals surface area contributed by atoms with Crippen LogP contribution in [0, 0.1) is 6.92 Å². The molecule has 0 aliphatic heterocycles. The Balaban J connectivity index is 1.49. The predicted octanol–water partition coefficient (Wildman–Crippen LogP) is 4.97. The van der Waals surface area contributed by atoms with E-state index >= 15 is 0 Å². The van der Waals surface area contributed by atoms with Crippen molar-refractivity contribution >= 4 is 11.6 Å². The fourth-order valence-corrected chi connectivity index (χ4v) is 2.91. The maximum Gasteiger partial charge on any atom is 0.258 e. The molecule has 0 radical (unpaired) electrons. The van der Waals surface area contributed by atoms with Crippen molar-refractivity contribution in [3.05, 3.63) is 83.9 Å². The predicted molar refractivity (Wildman–Crippen MR) is 111 cm³/mol. The van der Waals surface area contributed by atoms with E-state index in [9.17, 15) is 4.79 Å². The van der Waals surface area contributed by atoms with Crippen molar-refractivity contribution in [2.45, 2.75) is 6.92 Å². The van der Waals surface area contributed by atoms with Crippen LogP contribution in [-0.4, -0.2) is 23.2 Å². The quantitative estimate of drug-likeness (QED) is 0.525. The maximum atomic E-state index is 12.4. The van der Waals surface area contributed by atoms with Gasteiger partial charge in [-0.1, -0.05) is 35.0 Å². The number of hydrogen-bond acceptors (Lipinski definition) is 5. The average Bonchev–Trinajstić information content (AvgIpc) is 3.25. The lowest BCUT2D eigenvalue weighted by Crippen LogP contribution is -2.11. The molecule has 6 nitrogen and oxygen atoms in total. The summed E-state index contributed by atoms with van der Waals surface area (Å²) in [4.78, 5) is 16.9. The van der Waals surface area contributed by atoms with E-state index in [0.29, 0.717) is 28.7 Å². The highest BCUT2D eigenvalue weighted by atomic mass is 16.5. The van der Waals surface area contributed by atoms with Gasteiger partial charge in [-0.3, -0.25) is 4.79 Å². The van der Waals surface area contributed by atoms with E-state index in [2.05, 4.69) is 15.5 Å². The lowest BCUT2D eigenvalue weighted by molar-refractivity contribution is 0.102. The Bertz CT molecular complexity index is 1150. The molecule has 0 fully saturated rings. The molecule has 144 valence electrons. The highest BCUT2D eigenvalue weighted by molar-refractivity contribution is 6.04. The summed E-state index contributed by atoms with van der Waals surface area (Å²) in [5.41, 5.74) is 4.00. The van der Waals surface area contributed by atoms with Gasteiger partial charge in [0, 0.05) is 22.4 Å². The van der Waals surface area contributed by atoms with Crippen LogP contribution in [0.4, 0.5) is 5.69 Å². The molecule has 1 heterocycles. The van der Waals surface area contributed by atoms with Crippen LogP contribution in [0.2, 0.25) is 0 Å². The highest BCUT2D eigenvalue weighted by Crippen LogP contribution is 2.24. The zero-order chi connectivity index (χ0) is 20.2. The molecule has 1 amide bonds. The van der Waals surface area contributed by atoms with Crippen LogP contribution in [0.25, 0.3) is 22.8 Å². The summed E-state index contributed by atoms with van der Waals surface area (Å²) in [6.07, 6.45) is 0. The number of ether oxygens (including phenoxy) is 1. The number of nitrogens with zero attached hydrogens (tertiary/aromatic N) is 2. The van der Waals surface area contributed by atoms with Gasteiger partial charge in [0.2, 0.25) is 5.82 Å². The van der Waals surface area contributed by atoms with E-state index in [4.69, 9.17) is 9.26 Å². The lowest BCUT2D eigenvalue weighted by atomic mass is 10.1. The first-order chi connectivity index (χ1) is 14.1. The molecule has 0 bridgehead atoms. The SMILES string of the molecule is COc1cccc(C(=O)Nc2ccc(-c3nc(-c4cccc(C)c4)no3)cc2)c1. The minimum atomic E-state index is -0.212. The first-order valence-corrected chi connectivity index (χ1v) is 9.09. The second-order valence-electron chi connectivity index (χ2n) is 6.56. The van der Waals surface area contributed by atoms with Crippen LogP contribution in [0.5, 0.6) is 5.75 Å². The van der Waals surface area contributed by atoms with Gasteiger partial charge in [0.25, 0.3) is 11.8 Å². The topological polar surface area (TPSA) is 77.2 Å². The molecule has 29 heavy (non-hydrogen) atoms. The third-order valence-electron chi connectivity index (χ3n) is 4.42. The molecule has 1 N–H and O–H groups in total. The van der Waals surface area contributed by atoms with Gasteiger partial charge in [-0.2, -0.15) is 4.98 Å². The van der Waals surface area contributed by atoms with Crippen LogP contribution >= 0.6 is 0 Å². The van der Waals surface area contributed by atoms with Crippen LogP contribution in [0.15, 0.2) is 77.3 Å². The number of rotatable bonds is 5. The molecular weight excluding hydrogens is 366 g/mol. The van der Waals surface area contributed by atoms with Crippen LogP contribution in [0.1, 0.15) is 15.9 Å². The van der Waals surface area contributed by atoms with E-state index in [1.54, 1.807) is 43.5 Å². The third-order valence-corrected chi connectivity index (χ3v) is 4.42. The normalized spacial score (nSPS) is 10.6. The summed E-state index contributed by atoms with van der Waals surface area (Å²) >= 11 is 0. The number of nitrogens with one attached hydrogen (secondary N) is 1. The minimum absolute atomic E-state index is 0.212. The van der Waals surface area contributed by atoms with Gasteiger partial charge in [-0.25, -0.2) is 0 Å². The van der Waals surface area contributed by atoms with E-state index < -0.39 is 0 Å². The summed E-state index contributed by atoms with van der Waals surface area (Å²) in [6.45, 7) is 2.02.